The van der Waals surface area contributed by atoms with Crippen LogP contribution in [0.15, 0.2) is 63.6 Å². The minimum atomic E-state index is -0.665. The molecule has 27 heavy (non-hydrogen) atoms. The van der Waals surface area contributed by atoms with Gasteiger partial charge in [0.2, 0.25) is 5.76 Å². The third-order valence-electron chi connectivity index (χ3n) is 3.53. The Kier molecular flexibility index (Phi) is 5.36. The van der Waals surface area contributed by atoms with E-state index in [1.807, 2.05) is 0 Å². The predicted octanol–water partition coefficient (Wildman–Crippen LogP) is 3.27. The fourth-order valence-corrected chi connectivity index (χ4v) is 2.24. The van der Waals surface area contributed by atoms with Gasteiger partial charge in [-0.05, 0) is 36.4 Å². The molecule has 3 aromatic rings. The van der Waals surface area contributed by atoms with Gasteiger partial charge in [-0.1, -0.05) is 12.1 Å². The number of hydrogen-bond donors (Lipinski definition) is 1. The SMILES string of the molecule is COC(=O)c1ccc(COC(=O)c2ccccc2NC(=O)c2ccco2)o1. The quantitative estimate of drug-likeness (QED) is 0.664. The fourth-order valence-electron chi connectivity index (χ4n) is 2.24. The average molecular weight is 369 g/mol. The summed E-state index contributed by atoms with van der Waals surface area (Å²) in [5, 5.41) is 2.60. The van der Waals surface area contributed by atoms with E-state index in [9.17, 15) is 14.4 Å². The first-order valence-corrected chi connectivity index (χ1v) is 7.86. The van der Waals surface area contributed by atoms with Crippen molar-refractivity contribution in [1.29, 1.82) is 0 Å². The predicted molar refractivity (Wildman–Crippen MR) is 92.3 cm³/mol. The third kappa shape index (κ3) is 4.24. The summed E-state index contributed by atoms with van der Waals surface area (Å²) >= 11 is 0. The Bertz CT molecular complexity index is 956. The molecule has 0 bridgehead atoms. The van der Waals surface area contributed by atoms with Crippen LogP contribution in [0.5, 0.6) is 0 Å². The van der Waals surface area contributed by atoms with Crippen molar-refractivity contribution >= 4 is 23.5 Å². The van der Waals surface area contributed by atoms with Gasteiger partial charge < -0.3 is 23.6 Å². The summed E-state index contributed by atoms with van der Waals surface area (Å²) in [6.07, 6.45) is 1.38. The number of carbonyl (C=O) groups excluding carboxylic acids is 3. The third-order valence-corrected chi connectivity index (χ3v) is 3.53. The van der Waals surface area contributed by atoms with Gasteiger partial charge in [-0.2, -0.15) is 0 Å². The van der Waals surface area contributed by atoms with Crippen molar-refractivity contribution in [3.8, 4) is 0 Å². The van der Waals surface area contributed by atoms with Crippen LogP contribution in [0.3, 0.4) is 0 Å². The second-order valence-electron chi connectivity index (χ2n) is 5.31. The van der Waals surface area contributed by atoms with Crippen LogP contribution >= 0.6 is 0 Å². The summed E-state index contributed by atoms with van der Waals surface area (Å²) in [5.74, 6) is -1.38. The second kappa shape index (κ2) is 8.05. The van der Waals surface area contributed by atoms with E-state index in [-0.39, 0.29) is 35.1 Å². The van der Waals surface area contributed by atoms with Crippen molar-refractivity contribution < 1.29 is 32.7 Å². The number of furan rings is 2. The van der Waals surface area contributed by atoms with E-state index in [1.54, 1.807) is 24.3 Å². The highest BCUT2D eigenvalue weighted by atomic mass is 16.6. The molecule has 3 rings (SSSR count). The Morgan fingerprint density at radius 1 is 0.963 bits per heavy atom. The Labute approximate surface area is 153 Å². The molecule has 0 atom stereocenters. The van der Waals surface area contributed by atoms with Crippen LogP contribution in [0.25, 0.3) is 0 Å². The number of methoxy groups -OCH3 is 1. The molecule has 0 aliphatic heterocycles. The molecule has 0 fully saturated rings. The zero-order chi connectivity index (χ0) is 19.2. The molecule has 0 saturated heterocycles. The fraction of sp³-hybridized carbons (Fsp3) is 0.105. The van der Waals surface area contributed by atoms with Crippen LogP contribution in [0, 0.1) is 0 Å². The first kappa shape index (κ1) is 18.0. The largest absolute Gasteiger partial charge is 0.463 e. The zero-order valence-electron chi connectivity index (χ0n) is 14.3. The molecular weight excluding hydrogens is 354 g/mol. The normalized spacial score (nSPS) is 10.3. The molecule has 0 aliphatic carbocycles. The number of esters is 2. The molecule has 1 amide bonds. The van der Waals surface area contributed by atoms with Crippen LogP contribution < -0.4 is 5.32 Å². The molecule has 0 aliphatic rings. The lowest BCUT2D eigenvalue weighted by Gasteiger charge is -2.09. The lowest BCUT2D eigenvalue weighted by Crippen LogP contribution is -2.15. The average Bonchev–Trinajstić information content (AvgIpc) is 3.38. The lowest BCUT2D eigenvalue weighted by molar-refractivity contribution is 0.0439. The summed E-state index contributed by atoms with van der Waals surface area (Å²) in [7, 11) is 1.23. The maximum absolute atomic E-state index is 12.4. The van der Waals surface area contributed by atoms with Crippen molar-refractivity contribution in [2.45, 2.75) is 6.61 Å². The number of para-hydroxylation sites is 1. The molecular formula is C19H15NO7. The topological polar surface area (TPSA) is 108 Å². The molecule has 0 unspecified atom stereocenters. The standard InChI is InChI=1S/C19H15NO7/c1-24-19(23)16-9-8-12(27-16)11-26-18(22)13-5-2-3-6-14(13)20-17(21)15-7-4-10-25-15/h2-10H,11H2,1H3,(H,20,21). The van der Waals surface area contributed by atoms with E-state index in [2.05, 4.69) is 10.1 Å². The van der Waals surface area contributed by atoms with Gasteiger partial charge in [0.05, 0.1) is 24.6 Å². The van der Waals surface area contributed by atoms with Crippen molar-refractivity contribution in [2.24, 2.45) is 0 Å². The Morgan fingerprint density at radius 2 is 1.78 bits per heavy atom. The highest BCUT2D eigenvalue weighted by Crippen LogP contribution is 2.19. The second-order valence-corrected chi connectivity index (χ2v) is 5.31. The number of amides is 1. The number of ether oxygens (including phenoxy) is 2. The summed E-state index contributed by atoms with van der Waals surface area (Å²) in [6, 6.07) is 12.4. The molecule has 1 N–H and O–H groups in total. The molecule has 0 saturated carbocycles. The molecule has 2 aromatic heterocycles. The minimum Gasteiger partial charge on any atom is -0.463 e. The van der Waals surface area contributed by atoms with E-state index in [0.717, 1.165) is 0 Å². The van der Waals surface area contributed by atoms with Crippen LogP contribution in [0.2, 0.25) is 0 Å². The molecule has 8 heteroatoms. The van der Waals surface area contributed by atoms with E-state index >= 15 is 0 Å². The van der Waals surface area contributed by atoms with Crippen molar-refractivity contribution in [3.63, 3.8) is 0 Å². The first-order chi connectivity index (χ1) is 13.1. The van der Waals surface area contributed by atoms with Crippen LogP contribution in [-0.4, -0.2) is 25.0 Å². The van der Waals surface area contributed by atoms with Gasteiger partial charge in [-0.25, -0.2) is 9.59 Å². The molecule has 138 valence electrons. The first-order valence-electron chi connectivity index (χ1n) is 7.86. The van der Waals surface area contributed by atoms with Crippen molar-refractivity contribution in [2.75, 3.05) is 12.4 Å². The van der Waals surface area contributed by atoms with Gasteiger partial charge in [0.25, 0.3) is 5.91 Å². The zero-order valence-corrected chi connectivity index (χ0v) is 14.3. The van der Waals surface area contributed by atoms with Gasteiger partial charge >= 0.3 is 11.9 Å². The van der Waals surface area contributed by atoms with E-state index in [4.69, 9.17) is 13.6 Å². The molecule has 0 radical (unpaired) electrons. The maximum atomic E-state index is 12.4. The highest BCUT2D eigenvalue weighted by molar-refractivity contribution is 6.06. The summed E-state index contributed by atoms with van der Waals surface area (Å²) in [6.45, 7) is -0.184. The highest BCUT2D eigenvalue weighted by Gasteiger charge is 2.18. The van der Waals surface area contributed by atoms with E-state index in [0.29, 0.717) is 0 Å². The van der Waals surface area contributed by atoms with Gasteiger partial charge in [0.15, 0.2) is 5.76 Å². The summed E-state index contributed by atoms with van der Waals surface area (Å²) in [4.78, 5) is 35.8. The van der Waals surface area contributed by atoms with Crippen LogP contribution in [0.4, 0.5) is 5.69 Å². The number of hydrogen-bond acceptors (Lipinski definition) is 7. The van der Waals surface area contributed by atoms with Crippen molar-refractivity contribution in [1.82, 2.24) is 0 Å². The lowest BCUT2D eigenvalue weighted by atomic mass is 10.1. The number of rotatable bonds is 6. The Hall–Kier alpha value is -3.81. The number of carbonyl (C=O) groups is 3. The molecule has 1 aromatic carbocycles. The van der Waals surface area contributed by atoms with Crippen LogP contribution in [0.1, 0.15) is 37.2 Å². The number of anilines is 1. The Balaban J connectivity index is 1.67. The maximum Gasteiger partial charge on any atom is 0.373 e. The van der Waals surface area contributed by atoms with Gasteiger partial charge in [-0.15, -0.1) is 0 Å². The number of benzene rings is 1. The monoisotopic (exact) mass is 369 g/mol. The van der Waals surface area contributed by atoms with Crippen LogP contribution in [-0.2, 0) is 16.1 Å². The van der Waals surface area contributed by atoms with Crippen molar-refractivity contribution in [3.05, 3.63) is 77.6 Å². The molecule has 2 heterocycles. The Morgan fingerprint density at radius 3 is 2.52 bits per heavy atom. The summed E-state index contributed by atoms with van der Waals surface area (Å²) in [5.41, 5.74) is 0.441. The molecule has 8 nitrogen and oxygen atoms in total. The van der Waals surface area contributed by atoms with E-state index in [1.165, 1.54) is 37.6 Å². The minimum absolute atomic E-state index is 0.00894. The van der Waals surface area contributed by atoms with Gasteiger partial charge in [-0.3, -0.25) is 4.79 Å². The van der Waals surface area contributed by atoms with Gasteiger partial charge in [0, 0.05) is 0 Å². The summed E-state index contributed by atoms with van der Waals surface area (Å²) < 4.78 is 20.0. The van der Waals surface area contributed by atoms with Gasteiger partial charge in [0.1, 0.15) is 12.4 Å². The molecule has 0 spiro atoms. The van der Waals surface area contributed by atoms with E-state index < -0.39 is 17.8 Å². The smallest absolute Gasteiger partial charge is 0.373 e. The number of nitrogens with one attached hydrogen (secondary N) is 1.